The quantitative estimate of drug-likeness (QED) is 0.0737. The Bertz CT molecular complexity index is 2320. The molecular weight excluding hydrogens is 809 g/mol. The third-order valence-electron chi connectivity index (χ3n) is 8.80. The van der Waals surface area contributed by atoms with Gasteiger partial charge in [-0.3, -0.25) is 18.9 Å². The van der Waals surface area contributed by atoms with Crippen molar-refractivity contribution in [2.75, 3.05) is 34.6 Å². The Kier molecular flexibility index (Phi) is 9.42. The van der Waals surface area contributed by atoms with Crippen LogP contribution in [-0.2, 0) is 28.4 Å². The summed E-state index contributed by atoms with van der Waals surface area (Å²) < 4.78 is 50.7. The molecule has 0 aliphatic carbocycles. The van der Waals surface area contributed by atoms with E-state index < -0.39 is 27.4 Å². The first-order valence-corrected chi connectivity index (χ1v) is 19.3. The molecule has 3 aromatic carbocycles. The molecule has 4 N–H and O–H groups in total. The van der Waals surface area contributed by atoms with Crippen molar-refractivity contribution < 1.29 is 36.8 Å². The van der Waals surface area contributed by atoms with E-state index in [-0.39, 0.29) is 54.0 Å². The summed E-state index contributed by atoms with van der Waals surface area (Å²) in [5, 5.41) is 8.16. The second-order valence-corrected chi connectivity index (χ2v) is 16.7. The molecule has 264 valence electrons. The van der Waals surface area contributed by atoms with Crippen molar-refractivity contribution >= 4 is 94.6 Å². The van der Waals surface area contributed by atoms with Gasteiger partial charge in [-0.25, -0.2) is 0 Å². The number of thiophene rings is 1. The molecule has 0 saturated heterocycles. The standard InChI is InChI=1S/C35H32IN5O8S2/c1-40-18-22(15-26(40)33(43)38-21-9-10-30-20(12-21)14-31(36)50-30)37-32(42)8-5-11-49-29-17-24-23(16-28(29)48-2)35(44)41-25-7-4-3-6-19(25)13-27(41)34(39-24)51(45,46)47/h3-4,6-7,9-10,12,14-18,27,34,39H,5,8,11,13H2,1-2H3,(H,37,42)(H,38,43)(H,45,46,47)/t27-,34?/m0/s1. The maximum atomic E-state index is 13.8. The Hall–Kier alpha value is -4.65. The van der Waals surface area contributed by atoms with Crippen LogP contribution in [0.4, 0.5) is 22.7 Å². The SMILES string of the molecule is COc1cc2c(cc1OCCCC(=O)Nc1cc(C(=O)Nc3ccc4sc(I)cc4c3)n(C)c1)NC(S(=O)(=O)O)[C@@H]1Cc3ccccc3N1C2=O. The molecule has 0 saturated carbocycles. The minimum Gasteiger partial charge on any atom is -0.493 e. The lowest BCUT2D eigenvalue weighted by atomic mass is 10.1. The van der Waals surface area contributed by atoms with Crippen LogP contribution in [0.1, 0.15) is 39.3 Å². The largest absolute Gasteiger partial charge is 0.493 e. The highest BCUT2D eigenvalue weighted by Crippen LogP contribution is 2.43. The Morgan fingerprint density at radius 2 is 1.86 bits per heavy atom. The van der Waals surface area contributed by atoms with Gasteiger partial charge in [0.2, 0.25) is 5.91 Å². The molecule has 1 unspecified atom stereocenters. The third kappa shape index (κ3) is 7.00. The summed E-state index contributed by atoms with van der Waals surface area (Å²) in [6.07, 6.45) is 2.30. The number of carbonyl (C=O) groups is 3. The van der Waals surface area contributed by atoms with E-state index in [0.717, 1.165) is 18.5 Å². The minimum atomic E-state index is -4.64. The topological polar surface area (TPSA) is 168 Å². The Morgan fingerprint density at radius 3 is 2.65 bits per heavy atom. The third-order valence-corrected chi connectivity index (χ3v) is 11.8. The van der Waals surface area contributed by atoms with Crippen LogP contribution in [0.3, 0.4) is 0 Å². The molecule has 2 atom stereocenters. The molecule has 2 aliphatic heterocycles. The first kappa shape index (κ1) is 34.8. The van der Waals surface area contributed by atoms with Crippen LogP contribution in [0.15, 0.2) is 72.9 Å². The highest BCUT2D eigenvalue weighted by atomic mass is 127. The molecule has 7 rings (SSSR count). The number of aryl methyl sites for hydroxylation is 1. The predicted octanol–water partition coefficient (Wildman–Crippen LogP) is 6.11. The van der Waals surface area contributed by atoms with Crippen LogP contribution in [0.2, 0.25) is 0 Å². The Morgan fingerprint density at radius 1 is 1.06 bits per heavy atom. The van der Waals surface area contributed by atoms with Crippen LogP contribution >= 0.6 is 33.9 Å². The molecule has 3 amide bonds. The van der Waals surface area contributed by atoms with E-state index in [1.165, 1.54) is 24.1 Å². The number of nitrogens with one attached hydrogen (secondary N) is 3. The molecule has 0 radical (unpaired) electrons. The fraction of sp³-hybridized carbons (Fsp3) is 0.229. The highest BCUT2D eigenvalue weighted by Gasteiger charge is 2.47. The second kappa shape index (κ2) is 13.8. The molecule has 0 fully saturated rings. The average Bonchev–Trinajstić information content (AvgIpc) is 3.75. The number of carbonyl (C=O) groups excluding carboxylic acids is 3. The number of nitrogens with zero attached hydrogens (tertiary/aromatic N) is 2. The van der Waals surface area contributed by atoms with Crippen molar-refractivity contribution in [1.29, 1.82) is 0 Å². The number of methoxy groups -OCH3 is 1. The van der Waals surface area contributed by atoms with Crippen molar-refractivity contribution in [2.45, 2.75) is 30.7 Å². The van der Waals surface area contributed by atoms with E-state index in [1.807, 2.05) is 30.3 Å². The number of hydrogen-bond donors (Lipinski definition) is 4. The van der Waals surface area contributed by atoms with E-state index >= 15 is 0 Å². The van der Waals surface area contributed by atoms with Gasteiger partial charge in [0.1, 0.15) is 5.69 Å². The van der Waals surface area contributed by atoms with Gasteiger partial charge in [0, 0.05) is 41.8 Å². The lowest BCUT2D eigenvalue weighted by Gasteiger charge is -2.27. The Balaban J connectivity index is 0.986. The number of halogens is 1. The van der Waals surface area contributed by atoms with Crippen LogP contribution in [-0.4, -0.2) is 60.4 Å². The fourth-order valence-corrected chi connectivity index (χ4v) is 9.18. The molecule has 51 heavy (non-hydrogen) atoms. The summed E-state index contributed by atoms with van der Waals surface area (Å²) in [5.74, 6) is -0.583. The maximum absolute atomic E-state index is 13.8. The zero-order chi connectivity index (χ0) is 36.0. The van der Waals surface area contributed by atoms with Crippen LogP contribution < -0.4 is 30.3 Å². The van der Waals surface area contributed by atoms with Gasteiger partial charge >= 0.3 is 0 Å². The normalized spacial score (nSPS) is 16.5. The second-order valence-electron chi connectivity index (χ2n) is 12.2. The van der Waals surface area contributed by atoms with Gasteiger partial charge in [-0.15, -0.1) is 11.3 Å². The molecule has 5 aromatic rings. The number of ether oxygens (including phenoxy) is 2. The van der Waals surface area contributed by atoms with Crippen molar-refractivity contribution in [3.8, 4) is 11.5 Å². The van der Waals surface area contributed by atoms with Crippen molar-refractivity contribution in [1.82, 2.24) is 4.57 Å². The van der Waals surface area contributed by atoms with Gasteiger partial charge in [0.15, 0.2) is 16.9 Å². The zero-order valence-corrected chi connectivity index (χ0v) is 31.1. The smallest absolute Gasteiger partial charge is 0.288 e. The summed E-state index contributed by atoms with van der Waals surface area (Å²) in [4.78, 5) is 41.1. The van der Waals surface area contributed by atoms with Gasteiger partial charge in [-0.05, 0) is 88.8 Å². The van der Waals surface area contributed by atoms with Gasteiger partial charge in [0.25, 0.3) is 21.9 Å². The number of benzene rings is 3. The zero-order valence-electron chi connectivity index (χ0n) is 27.3. The summed E-state index contributed by atoms with van der Waals surface area (Å²) in [6, 6.07) is 18.6. The highest BCUT2D eigenvalue weighted by molar-refractivity contribution is 14.1. The average molecular weight is 842 g/mol. The number of anilines is 4. The molecular formula is C35H32IN5O8S2. The number of fused-ring (bicyclic) bond motifs is 5. The van der Waals surface area contributed by atoms with Gasteiger partial charge < -0.3 is 34.9 Å². The number of rotatable bonds is 10. The molecule has 13 nitrogen and oxygen atoms in total. The lowest BCUT2D eigenvalue weighted by Crippen LogP contribution is -2.49. The molecule has 0 bridgehead atoms. The van der Waals surface area contributed by atoms with Crippen molar-refractivity contribution in [3.63, 3.8) is 0 Å². The Labute approximate surface area is 310 Å². The van der Waals surface area contributed by atoms with Crippen LogP contribution in [0.25, 0.3) is 10.1 Å². The lowest BCUT2D eigenvalue weighted by molar-refractivity contribution is -0.116. The van der Waals surface area contributed by atoms with E-state index in [0.29, 0.717) is 29.2 Å². The number of aromatic nitrogens is 1. The van der Waals surface area contributed by atoms with E-state index in [9.17, 15) is 27.4 Å². The predicted molar refractivity (Wildman–Crippen MR) is 204 cm³/mol. The number of para-hydroxylation sites is 1. The first-order chi connectivity index (χ1) is 24.4. The molecule has 2 aromatic heterocycles. The summed E-state index contributed by atoms with van der Waals surface area (Å²) in [6.45, 7) is 0.0936. The summed E-state index contributed by atoms with van der Waals surface area (Å²) in [5.41, 5.74) is 3.19. The first-order valence-electron chi connectivity index (χ1n) is 15.9. The van der Waals surface area contributed by atoms with Crippen molar-refractivity contribution in [3.05, 3.63) is 92.6 Å². The van der Waals surface area contributed by atoms with Gasteiger partial charge in [0.05, 0.1) is 39.6 Å². The minimum absolute atomic E-state index is 0.0936. The van der Waals surface area contributed by atoms with Gasteiger partial charge in [-0.2, -0.15) is 8.42 Å². The molecule has 16 heteroatoms. The van der Waals surface area contributed by atoms with E-state index in [1.54, 1.807) is 47.3 Å². The maximum Gasteiger partial charge on any atom is 0.288 e. The van der Waals surface area contributed by atoms with Gasteiger partial charge in [-0.1, -0.05) is 18.2 Å². The van der Waals surface area contributed by atoms with E-state index in [4.69, 9.17) is 9.47 Å². The van der Waals surface area contributed by atoms with Crippen LogP contribution in [0.5, 0.6) is 11.5 Å². The summed E-state index contributed by atoms with van der Waals surface area (Å²) in [7, 11) is -1.50. The number of amides is 3. The van der Waals surface area contributed by atoms with Crippen LogP contribution in [0, 0.1) is 2.88 Å². The molecule has 2 aliphatic rings. The fourth-order valence-electron chi connectivity index (χ4n) is 6.48. The van der Waals surface area contributed by atoms with Crippen molar-refractivity contribution in [2.24, 2.45) is 7.05 Å². The molecule has 4 heterocycles. The number of hydrogen-bond acceptors (Lipinski definition) is 9. The van der Waals surface area contributed by atoms with E-state index in [2.05, 4.69) is 44.6 Å². The monoisotopic (exact) mass is 841 g/mol. The molecule has 0 spiro atoms. The summed E-state index contributed by atoms with van der Waals surface area (Å²) >= 11 is 3.95.